The molecule has 1 unspecified atom stereocenters. The van der Waals surface area contributed by atoms with Crippen molar-refractivity contribution in [1.29, 1.82) is 0 Å². The molecule has 0 saturated heterocycles. The van der Waals surface area contributed by atoms with Gasteiger partial charge in [0.25, 0.3) is 0 Å². The van der Waals surface area contributed by atoms with E-state index in [9.17, 15) is 9.59 Å². The lowest BCUT2D eigenvalue weighted by molar-refractivity contribution is -0.125. The highest BCUT2D eigenvalue weighted by atomic mass is 16.5. The molecule has 0 saturated carbocycles. The molecule has 1 aliphatic heterocycles. The third kappa shape index (κ3) is 4.62. The number of rotatable bonds is 6. The first-order valence-electron chi connectivity index (χ1n) is 11.6. The van der Waals surface area contributed by atoms with Crippen molar-refractivity contribution < 1.29 is 14.3 Å². The Labute approximate surface area is 193 Å². The Hall–Kier alpha value is -3.61. The van der Waals surface area contributed by atoms with Gasteiger partial charge in [-0.1, -0.05) is 42.5 Å². The SMILES string of the molecule is O=C(CCC(=O)N1CCOc2ccccc21)NC1CCCc2c1cnn2Cc1ccccc1. The Morgan fingerprint density at radius 1 is 1.06 bits per heavy atom. The molecule has 7 nitrogen and oxygen atoms in total. The molecule has 2 aromatic carbocycles. The number of hydrogen-bond donors (Lipinski definition) is 1. The van der Waals surface area contributed by atoms with E-state index in [-0.39, 0.29) is 30.7 Å². The Morgan fingerprint density at radius 2 is 1.88 bits per heavy atom. The van der Waals surface area contributed by atoms with Crippen molar-refractivity contribution in [3.63, 3.8) is 0 Å². The Balaban J connectivity index is 1.19. The Kier molecular flexibility index (Phi) is 6.11. The van der Waals surface area contributed by atoms with Crippen LogP contribution in [0.2, 0.25) is 0 Å². The second-order valence-corrected chi connectivity index (χ2v) is 8.56. The molecule has 1 aliphatic carbocycles. The highest BCUT2D eigenvalue weighted by Crippen LogP contribution is 2.32. The first-order valence-corrected chi connectivity index (χ1v) is 11.6. The normalized spacial score (nSPS) is 17.0. The van der Waals surface area contributed by atoms with Crippen LogP contribution in [0.15, 0.2) is 60.8 Å². The van der Waals surface area contributed by atoms with Crippen LogP contribution >= 0.6 is 0 Å². The van der Waals surface area contributed by atoms with Gasteiger partial charge in [-0.05, 0) is 37.0 Å². The van der Waals surface area contributed by atoms with Gasteiger partial charge in [0, 0.05) is 24.1 Å². The minimum atomic E-state index is -0.0986. The van der Waals surface area contributed by atoms with Crippen LogP contribution in [0, 0.1) is 0 Å². The van der Waals surface area contributed by atoms with Crippen LogP contribution in [0.4, 0.5) is 5.69 Å². The molecule has 2 aliphatic rings. The number of para-hydroxylation sites is 2. The van der Waals surface area contributed by atoms with Crippen LogP contribution in [0.3, 0.4) is 0 Å². The van der Waals surface area contributed by atoms with Gasteiger partial charge in [-0.15, -0.1) is 0 Å². The number of ether oxygens (including phenoxy) is 1. The molecule has 0 spiro atoms. The number of aromatic nitrogens is 2. The van der Waals surface area contributed by atoms with Gasteiger partial charge in [0.1, 0.15) is 12.4 Å². The zero-order chi connectivity index (χ0) is 22.6. The lowest BCUT2D eigenvalue weighted by atomic mass is 9.92. The average Bonchev–Trinajstić information content (AvgIpc) is 3.26. The topological polar surface area (TPSA) is 76.5 Å². The summed E-state index contributed by atoms with van der Waals surface area (Å²) in [5.41, 5.74) is 4.27. The van der Waals surface area contributed by atoms with E-state index in [0.29, 0.717) is 18.9 Å². The minimum absolute atomic E-state index is 0.0509. The van der Waals surface area contributed by atoms with Crippen LogP contribution in [-0.2, 0) is 22.6 Å². The van der Waals surface area contributed by atoms with Gasteiger partial charge < -0.3 is 15.0 Å². The number of anilines is 1. The fourth-order valence-corrected chi connectivity index (χ4v) is 4.71. The number of fused-ring (bicyclic) bond motifs is 2. The van der Waals surface area contributed by atoms with E-state index < -0.39 is 0 Å². The third-order valence-corrected chi connectivity index (χ3v) is 6.37. The third-order valence-electron chi connectivity index (χ3n) is 6.37. The van der Waals surface area contributed by atoms with E-state index >= 15 is 0 Å². The molecule has 1 aromatic heterocycles. The van der Waals surface area contributed by atoms with Gasteiger partial charge in [-0.3, -0.25) is 14.3 Å². The van der Waals surface area contributed by atoms with Crippen molar-refractivity contribution in [3.8, 4) is 5.75 Å². The summed E-state index contributed by atoms with van der Waals surface area (Å²) in [6, 6.07) is 17.7. The summed E-state index contributed by atoms with van der Waals surface area (Å²) < 4.78 is 7.67. The second kappa shape index (κ2) is 9.48. The van der Waals surface area contributed by atoms with E-state index in [1.54, 1.807) is 4.90 Å². The molecular weight excluding hydrogens is 416 g/mol. The number of carbonyl (C=O) groups excluding carboxylic acids is 2. The van der Waals surface area contributed by atoms with Crippen LogP contribution < -0.4 is 15.0 Å². The second-order valence-electron chi connectivity index (χ2n) is 8.56. The van der Waals surface area contributed by atoms with Gasteiger partial charge >= 0.3 is 0 Å². The number of hydrogen-bond acceptors (Lipinski definition) is 4. The van der Waals surface area contributed by atoms with Gasteiger partial charge in [0.2, 0.25) is 11.8 Å². The summed E-state index contributed by atoms with van der Waals surface area (Å²) in [4.78, 5) is 27.2. The number of amides is 2. The van der Waals surface area contributed by atoms with Crippen molar-refractivity contribution >= 4 is 17.5 Å². The van der Waals surface area contributed by atoms with Crippen molar-refractivity contribution in [3.05, 3.63) is 77.6 Å². The summed E-state index contributed by atoms with van der Waals surface area (Å²) in [5.74, 6) is 0.559. The number of benzene rings is 2. The number of nitrogens with one attached hydrogen (secondary N) is 1. The fraction of sp³-hybridized carbons (Fsp3) is 0.346. The van der Waals surface area contributed by atoms with Crippen LogP contribution in [0.1, 0.15) is 48.5 Å². The monoisotopic (exact) mass is 444 g/mol. The van der Waals surface area contributed by atoms with Crippen LogP contribution in [-0.4, -0.2) is 34.7 Å². The zero-order valence-corrected chi connectivity index (χ0v) is 18.6. The maximum absolute atomic E-state index is 12.8. The molecule has 33 heavy (non-hydrogen) atoms. The van der Waals surface area contributed by atoms with Crippen molar-refractivity contribution in [2.45, 2.75) is 44.7 Å². The highest BCUT2D eigenvalue weighted by Gasteiger charge is 2.27. The van der Waals surface area contributed by atoms with Gasteiger partial charge in [-0.25, -0.2) is 0 Å². The molecule has 170 valence electrons. The van der Waals surface area contributed by atoms with E-state index in [4.69, 9.17) is 4.74 Å². The number of carbonyl (C=O) groups is 2. The van der Waals surface area contributed by atoms with Crippen molar-refractivity contribution in [2.24, 2.45) is 0 Å². The molecule has 0 radical (unpaired) electrons. The first-order chi connectivity index (χ1) is 16.2. The zero-order valence-electron chi connectivity index (χ0n) is 18.6. The van der Waals surface area contributed by atoms with Gasteiger partial charge in [0.05, 0.1) is 31.0 Å². The molecule has 2 heterocycles. The van der Waals surface area contributed by atoms with Crippen molar-refractivity contribution in [1.82, 2.24) is 15.1 Å². The lowest BCUT2D eigenvalue weighted by Crippen LogP contribution is -2.38. The van der Waals surface area contributed by atoms with E-state index in [2.05, 4.69) is 22.5 Å². The summed E-state index contributed by atoms with van der Waals surface area (Å²) in [7, 11) is 0. The standard InChI is InChI=1S/C26H28N4O3/c31-25(13-14-26(32)29-15-16-33-24-12-5-4-10-23(24)29)28-21-9-6-11-22-20(21)17-27-30(22)18-19-7-2-1-3-8-19/h1-5,7-8,10,12,17,21H,6,9,11,13-16,18H2,(H,28,31). The Bertz CT molecular complexity index is 1140. The molecule has 2 amide bonds. The summed E-state index contributed by atoms with van der Waals surface area (Å²) in [6.45, 7) is 1.70. The fourth-order valence-electron chi connectivity index (χ4n) is 4.71. The quantitative estimate of drug-likeness (QED) is 0.630. The first kappa shape index (κ1) is 21.2. The maximum atomic E-state index is 12.8. The molecule has 1 atom stereocenters. The number of nitrogens with zero attached hydrogens (tertiary/aromatic N) is 3. The van der Waals surface area contributed by atoms with Gasteiger partial charge in [-0.2, -0.15) is 5.10 Å². The predicted octanol–water partition coefficient (Wildman–Crippen LogP) is 3.63. The molecule has 5 rings (SSSR count). The summed E-state index contributed by atoms with van der Waals surface area (Å²) in [6.07, 6.45) is 5.08. The molecular formula is C26H28N4O3. The van der Waals surface area contributed by atoms with Crippen LogP contribution in [0.25, 0.3) is 0 Å². The predicted molar refractivity (Wildman–Crippen MR) is 125 cm³/mol. The highest BCUT2D eigenvalue weighted by molar-refractivity contribution is 5.97. The van der Waals surface area contributed by atoms with Gasteiger partial charge in [0.15, 0.2) is 0 Å². The lowest BCUT2D eigenvalue weighted by Gasteiger charge is -2.29. The summed E-state index contributed by atoms with van der Waals surface area (Å²) in [5, 5.41) is 7.74. The molecule has 1 N–H and O–H groups in total. The van der Waals surface area contributed by atoms with E-state index in [1.807, 2.05) is 53.3 Å². The Morgan fingerprint density at radius 3 is 2.76 bits per heavy atom. The average molecular weight is 445 g/mol. The van der Waals surface area contributed by atoms with Crippen molar-refractivity contribution in [2.75, 3.05) is 18.1 Å². The van der Waals surface area contributed by atoms with Crippen LogP contribution in [0.5, 0.6) is 5.75 Å². The van der Waals surface area contributed by atoms with E-state index in [1.165, 1.54) is 11.3 Å². The molecule has 0 bridgehead atoms. The smallest absolute Gasteiger partial charge is 0.227 e. The minimum Gasteiger partial charge on any atom is -0.490 e. The molecule has 7 heteroatoms. The summed E-state index contributed by atoms with van der Waals surface area (Å²) >= 11 is 0. The molecule has 3 aromatic rings. The van der Waals surface area contributed by atoms with E-state index in [0.717, 1.165) is 37.1 Å². The molecule has 0 fully saturated rings. The maximum Gasteiger partial charge on any atom is 0.227 e. The largest absolute Gasteiger partial charge is 0.490 e.